The van der Waals surface area contributed by atoms with Gasteiger partial charge in [-0.2, -0.15) is 13.2 Å². The Hall–Kier alpha value is -3.07. The summed E-state index contributed by atoms with van der Waals surface area (Å²) in [5, 5.41) is 10.6. The maximum absolute atomic E-state index is 9.80. The Balaban J connectivity index is 0.000000513. The van der Waals surface area contributed by atoms with Crippen molar-refractivity contribution in [1.29, 1.82) is 0 Å². The van der Waals surface area contributed by atoms with Crippen molar-refractivity contribution in [2.24, 2.45) is 9.98 Å². The van der Waals surface area contributed by atoms with Crippen LogP contribution in [-0.4, -0.2) is 31.0 Å². The smallest absolute Gasteiger partial charge is 0.771 e. The Bertz CT molecular complexity index is 1590. The monoisotopic (exact) mass is 764 g/mol. The molecule has 0 radical (unpaired) electrons. The number of hydrogen-bond donors (Lipinski definition) is 0. The number of nitrogens with zero attached hydrogens (tertiary/aromatic N) is 2. The third-order valence-corrected chi connectivity index (χ3v) is 8.60. The van der Waals surface area contributed by atoms with Gasteiger partial charge in [0, 0.05) is 29.7 Å². The van der Waals surface area contributed by atoms with Crippen LogP contribution >= 0.6 is 0 Å². The zero-order valence-electron chi connectivity index (χ0n) is 29.7. The Morgan fingerprint density at radius 1 is 0.571 bits per heavy atom. The number of benzene rings is 4. The standard InChI is InChI=1S/C36H40N2.C4H8O.CF3O.Ag/c1-21(2)26-15-11-16-27(22(3)4)33(26)37-35-30-19-9-13-25-14-10-20-31(32(25)30)36(35)38-34-28(23(5)6)17-12-18-29(34)24(7)8;1-2-4-5-3-1;2-1(3,4)5;/h9-24H,1-8H3;1-4H2;;/q;;-1;+1. The molecule has 0 atom stereocenters. The summed E-state index contributed by atoms with van der Waals surface area (Å²) in [5.74, 6) is 1.51. The third kappa shape index (κ3) is 10.2. The largest absolute Gasteiger partial charge is 1.00 e. The van der Waals surface area contributed by atoms with E-state index in [0.717, 1.165) is 36.0 Å². The maximum atomic E-state index is 9.80. The predicted molar refractivity (Wildman–Crippen MR) is 192 cm³/mol. The molecular formula is C41H48AgF3N2O2. The van der Waals surface area contributed by atoms with E-state index in [0.29, 0.717) is 23.7 Å². The van der Waals surface area contributed by atoms with Gasteiger partial charge in [0.1, 0.15) is 0 Å². The summed E-state index contributed by atoms with van der Waals surface area (Å²) in [6.07, 6.45) is -2.69. The van der Waals surface area contributed by atoms with Gasteiger partial charge in [-0.05, 0) is 64.2 Å². The molecule has 0 N–H and O–H groups in total. The summed E-state index contributed by atoms with van der Waals surface area (Å²) in [7, 11) is 0. The Labute approximate surface area is 305 Å². The van der Waals surface area contributed by atoms with Crippen LogP contribution < -0.4 is 5.11 Å². The van der Waals surface area contributed by atoms with Gasteiger partial charge >= 0.3 is 28.7 Å². The van der Waals surface area contributed by atoms with Crippen LogP contribution in [0.15, 0.2) is 82.8 Å². The number of halogens is 3. The van der Waals surface area contributed by atoms with Crippen LogP contribution in [0.25, 0.3) is 10.8 Å². The van der Waals surface area contributed by atoms with Crippen molar-refractivity contribution in [1.82, 2.24) is 0 Å². The van der Waals surface area contributed by atoms with Crippen LogP contribution in [-0.2, 0) is 27.1 Å². The molecule has 49 heavy (non-hydrogen) atoms. The van der Waals surface area contributed by atoms with Crippen molar-refractivity contribution in [2.45, 2.75) is 98.3 Å². The Kier molecular flexibility index (Phi) is 14.6. The molecule has 266 valence electrons. The molecule has 1 aliphatic carbocycles. The number of alkyl halides is 3. The van der Waals surface area contributed by atoms with Gasteiger partial charge in [-0.25, -0.2) is 9.98 Å². The zero-order valence-corrected chi connectivity index (χ0v) is 31.2. The van der Waals surface area contributed by atoms with Crippen LogP contribution in [0.4, 0.5) is 24.5 Å². The summed E-state index contributed by atoms with van der Waals surface area (Å²) in [6, 6.07) is 26.5. The number of aliphatic imine (C=N–C) groups is 2. The van der Waals surface area contributed by atoms with Gasteiger partial charge in [0.15, 0.2) is 0 Å². The van der Waals surface area contributed by atoms with Gasteiger partial charge < -0.3 is 9.84 Å². The van der Waals surface area contributed by atoms with Gasteiger partial charge in [-0.3, -0.25) is 0 Å². The van der Waals surface area contributed by atoms with E-state index in [4.69, 9.17) is 19.8 Å². The molecule has 0 spiro atoms. The molecule has 4 nitrogen and oxygen atoms in total. The molecule has 6 rings (SSSR count). The SMILES string of the molecule is C1CCOC1.CC(C)c1cccc(C(C)C)c1N=C1C(=Nc2c(C(C)C)cccc2C(C)C)c2cccc3cccc1c23.[Ag+].[O-]C(F)(F)F. The number of para-hydroxylation sites is 2. The summed E-state index contributed by atoms with van der Waals surface area (Å²) < 4.78 is 34.3. The summed E-state index contributed by atoms with van der Waals surface area (Å²) in [4.78, 5) is 11.1. The van der Waals surface area contributed by atoms with Gasteiger partial charge in [0.2, 0.25) is 0 Å². The first kappa shape index (κ1) is 40.4. The first-order valence-electron chi connectivity index (χ1n) is 17.0. The van der Waals surface area contributed by atoms with Crippen LogP contribution in [0, 0.1) is 0 Å². The minimum absolute atomic E-state index is 0. The van der Waals surface area contributed by atoms with Crippen molar-refractivity contribution in [3.8, 4) is 0 Å². The first-order valence-corrected chi connectivity index (χ1v) is 17.0. The van der Waals surface area contributed by atoms with Crippen LogP contribution in [0.5, 0.6) is 0 Å². The fraction of sp³-hybridized carbons (Fsp3) is 0.415. The zero-order chi connectivity index (χ0) is 35.2. The molecule has 0 unspecified atom stereocenters. The average molecular weight is 766 g/mol. The number of rotatable bonds is 6. The molecule has 0 saturated carbocycles. The van der Waals surface area contributed by atoms with E-state index in [2.05, 4.69) is 128 Å². The molecule has 0 aromatic heterocycles. The van der Waals surface area contributed by atoms with Gasteiger partial charge in [0.05, 0.1) is 22.8 Å². The van der Waals surface area contributed by atoms with E-state index in [1.807, 2.05) is 0 Å². The number of ether oxygens (including phenoxy) is 1. The molecule has 1 saturated heterocycles. The predicted octanol–water partition coefficient (Wildman–Crippen LogP) is 11.2. The fourth-order valence-corrected chi connectivity index (χ4v) is 6.23. The van der Waals surface area contributed by atoms with Gasteiger partial charge in [-0.15, -0.1) is 0 Å². The second-order valence-corrected chi connectivity index (χ2v) is 13.6. The molecule has 4 aromatic rings. The summed E-state index contributed by atoms with van der Waals surface area (Å²) >= 11 is 0. The molecule has 8 heteroatoms. The van der Waals surface area contributed by atoms with E-state index in [1.165, 1.54) is 57.0 Å². The summed E-state index contributed by atoms with van der Waals surface area (Å²) in [5.41, 5.74) is 11.7. The minimum atomic E-state index is -5.25. The second-order valence-electron chi connectivity index (χ2n) is 13.6. The van der Waals surface area contributed by atoms with Crippen molar-refractivity contribution in [3.05, 3.63) is 106 Å². The Morgan fingerprint density at radius 2 is 0.878 bits per heavy atom. The quantitative estimate of drug-likeness (QED) is 0.184. The maximum Gasteiger partial charge on any atom is 1.00 e. The molecule has 2 aliphatic rings. The molecule has 0 amide bonds. The van der Waals surface area contributed by atoms with E-state index in [-0.39, 0.29) is 22.4 Å². The van der Waals surface area contributed by atoms with Crippen LogP contribution in [0.3, 0.4) is 0 Å². The molecule has 0 bridgehead atoms. The third-order valence-electron chi connectivity index (χ3n) is 8.60. The van der Waals surface area contributed by atoms with Crippen molar-refractivity contribution in [2.75, 3.05) is 13.2 Å². The van der Waals surface area contributed by atoms with Crippen LogP contribution in [0.1, 0.15) is 125 Å². The first-order chi connectivity index (χ1) is 22.7. The fourth-order valence-electron chi connectivity index (χ4n) is 6.23. The molecule has 1 fully saturated rings. The van der Waals surface area contributed by atoms with Crippen LogP contribution in [0.2, 0.25) is 0 Å². The van der Waals surface area contributed by atoms with E-state index < -0.39 is 6.36 Å². The minimum Gasteiger partial charge on any atom is -0.771 e. The van der Waals surface area contributed by atoms with E-state index in [1.54, 1.807) is 0 Å². The van der Waals surface area contributed by atoms with E-state index in [9.17, 15) is 13.2 Å². The van der Waals surface area contributed by atoms with Gasteiger partial charge in [-0.1, -0.05) is 128 Å². The molecular weight excluding hydrogens is 717 g/mol. The Morgan fingerprint density at radius 3 is 1.14 bits per heavy atom. The van der Waals surface area contributed by atoms with E-state index >= 15 is 0 Å². The topological polar surface area (TPSA) is 57.0 Å². The average Bonchev–Trinajstić information content (AvgIpc) is 3.69. The second kappa shape index (κ2) is 17.7. The van der Waals surface area contributed by atoms with Gasteiger partial charge in [0.25, 0.3) is 0 Å². The van der Waals surface area contributed by atoms with Crippen molar-refractivity contribution < 1.29 is 45.4 Å². The van der Waals surface area contributed by atoms with Crippen molar-refractivity contribution in [3.63, 3.8) is 0 Å². The molecule has 4 aromatic carbocycles. The normalized spacial score (nSPS) is 15.6. The summed E-state index contributed by atoms with van der Waals surface area (Å²) in [6.45, 7) is 20.1. The molecule has 1 heterocycles. The van der Waals surface area contributed by atoms with Crippen molar-refractivity contribution >= 4 is 33.6 Å². The molecule has 1 aliphatic heterocycles. The number of hydrogen-bond acceptors (Lipinski definition) is 4.